The van der Waals surface area contributed by atoms with Crippen LogP contribution in [0.2, 0.25) is 0 Å². The molecule has 0 spiro atoms. The molecule has 0 amide bonds. The van der Waals surface area contributed by atoms with Crippen molar-refractivity contribution in [1.29, 1.82) is 0 Å². The van der Waals surface area contributed by atoms with E-state index in [-0.39, 0.29) is 34.6 Å². The Morgan fingerprint density at radius 2 is 1.71 bits per heavy atom. The van der Waals surface area contributed by atoms with E-state index in [1.54, 1.807) is 25.1 Å². The summed E-state index contributed by atoms with van der Waals surface area (Å²) in [5, 5.41) is 19.0. The SMILES string of the molecule is CCOc1cc2sc(-[n+]3nc(-c4ccc(C)cc4S(=O)(=O)O)nn3-c3ccc(OC)c(S(=O)(=O)O)c3)nc2cc1CO. The minimum Gasteiger partial charge on any atom is -0.495 e. The average molecular weight is 635 g/mol. The molecule has 2 aromatic heterocycles. The fourth-order valence-corrected chi connectivity index (χ4v) is 6.55. The molecule has 0 atom stereocenters. The third-order valence-electron chi connectivity index (χ3n) is 6.07. The number of aromatic nitrogens is 5. The van der Waals surface area contributed by atoms with E-state index in [1.165, 1.54) is 36.2 Å². The lowest BCUT2D eigenvalue weighted by molar-refractivity contribution is -0.734. The summed E-state index contributed by atoms with van der Waals surface area (Å²) in [6.07, 6.45) is 0. The summed E-state index contributed by atoms with van der Waals surface area (Å²) in [6, 6.07) is 11.5. The lowest BCUT2D eigenvalue weighted by Gasteiger charge is -2.07. The number of benzene rings is 3. The van der Waals surface area contributed by atoms with Gasteiger partial charge < -0.3 is 14.6 Å². The number of hydrogen-bond acceptors (Lipinski definition) is 11. The highest BCUT2D eigenvalue weighted by Gasteiger charge is 2.30. The van der Waals surface area contributed by atoms with Gasteiger partial charge in [0.05, 0.1) is 30.6 Å². The largest absolute Gasteiger partial charge is 0.495 e. The first-order valence-corrected chi connectivity index (χ1v) is 15.8. The van der Waals surface area contributed by atoms with Crippen LogP contribution in [0.15, 0.2) is 58.3 Å². The quantitative estimate of drug-likeness (QED) is 0.159. The number of hydrogen-bond donors (Lipinski definition) is 3. The molecule has 5 aromatic rings. The molecule has 3 N–H and O–H groups in total. The third-order valence-corrected chi connectivity index (χ3v) is 8.82. The van der Waals surface area contributed by atoms with E-state index >= 15 is 0 Å². The number of rotatable bonds is 9. The molecule has 2 heterocycles. The molecule has 0 aliphatic rings. The minimum atomic E-state index is -4.73. The highest BCUT2D eigenvalue weighted by Crippen LogP contribution is 2.32. The molecule has 3 aromatic carbocycles. The van der Waals surface area contributed by atoms with Crippen molar-refractivity contribution >= 4 is 41.8 Å². The Kier molecular flexibility index (Phi) is 7.73. The average Bonchev–Trinajstić information content (AvgIpc) is 3.55. The Morgan fingerprint density at radius 3 is 2.36 bits per heavy atom. The Morgan fingerprint density at radius 1 is 0.976 bits per heavy atom. The van der Waals surface area contributed by atoms with Gasteiger partial charge in [-0.25, -0.2) is 0 Å². The van der Waals surface area contributed by atoms with Gasteiger partial charge in [0.15, 0.2) is 5.52 Å². The molecule has 0 aliphatic heterocycles. The van der Waals surface area contributed by atoms with Crippen molar-refractivity contribution in [3.63, 3.8) is 0 Å². The number of thiazole rings is 1. The summed E-state index contributed by atoms with van der Waals surface area (Å²) in [4.78, 5) is 6.00. The molecule has 17 heteroatoms. The lowest BCUT2D eigenvalue weighted by atomic mass is 10.1. The molecule has 220 valence electrons. The van der Waals surface area contributed by atoms with Crippen LogP contribution < -0.4 is 14.3 Å². The van der Waals surface area contributed by atoms with Gasteiger partial charge in [0.25, 0.3) is 26.1 Å². The maximum Gasteiger partial charge on any atom is 0.365 e. The van der Waals surface area contributed by atoms with E-state index in [0.29, 0.717) is 33.7 Å². The van der Waals surface area contributed by atoms with Crippen LogP contribution >= 0.6 is 11.3 Å². The second-order valence-corrected chi connectivity index (χ2v) is 12.7. The van der Waals surface area contributed by atoms with E-state index in [1.807, 2.05) is 6.92 Å². The maximum absolute atomic E-state index is 12.2. The zero-order chi connectivity index (χ0) is 30.4. The Hall–Kier alpha value is -4.00. The van der Waals surface area contributed by atoms with Gasteiger partial charge in [-0.1, -0.05) is 22.4 Å². The van der Waals surface area contributed by atoms with E-state index in [2.05, 4.69) is 15.2 Å². The van der Waals surface area contributed by atoms with Crippen LogP contribution in [0.1, 0.15) is 18.1 Å². The van der Waals surface area contributed by atoms with Crippen LogP contribution in [0.3, 0.4) is 0 Å². The first kappa shape index (κ1) is 29.5. The van der Waals surface area contributed by atoms with Crippen molar-refractivity contribution in [3.8, 4) is 33.7 Å². The van der Waals surface area contributed by atoms with Crippen LogP contribution in [0.4, 0.5) is 0 Å². The van der Waals surface area contributed by atoms with Gasteiger partial charge in [-0.15, -0.1) is 0 Å². The summed E-state index contributed by atoms with van der Waals surface area (Å²) in [5.41, 5.74) is 1.63. The molecule has 0 saturated carbocycles. The summed E-state index contributed by atoms with van der Waals surface area (Å²) in [6.45, 7) is 3.54. The van der Waals surface area contributed by atoms with Gasteiger partial charge in [0, 0.05) is 16.7 Å². The van der Waals surface area contributed by atoms with Gasteiger partial charge in [0.1, 0.15) is 27.0 Å². The predicted molar refractivity (Wildman–Crippen MR) is 150 cm³/mol. The Labute approximate surface area is 243 Å². The lowest BCUT2D eigenvalue weighted by Crippen LogP contribution is -2.43. The van der Waals surface area contributed by atoms with Crippen molar-refractivity contribution in [2.75, 3.05) is 13.7 Å². The van der Waals surface area contributed by atoms with Crippen molar-refractivity contribution in [2.24, 2.45) is 0 Å². The minimum absolute atomic E-state index is 0.0265. The van der Waals surface area contributed by atoms with Gasteiger partial charge in [-0.05, 0) is 70.5 Å². The normalized spacial score (nSPS) is 12.1. The van der Waals surface area contributed by atoms with Crippen molar-refractivity contribution in [3.05, 3.63) is 59.7 Å². The maximum atomic E-state index is 12.2. The van der Waals surface area contributed by atoms with Crippen LogP contribution in [0.25, 0.3) is 32.4 Å². The van der Waals surface area contributed by atoms with Crippen LogP contribution in [0.5, 0.6) is 11.5 Å². The topological polar surface area (TPSA) is 195 Å². The van der Waals surface area contributed by atoms with E-state index in [4.69, 9.17) is 9.47 Å². The Bertz CT molecular complexity index is 2060. The number of aryl methyl sites for hydroxylation is 1. The third kappa shape index (κ3) is 5.57. The summed E-state index contributed by atoms with van der Waals surface area (Å²) in [7, 11) is -8.18. The molecule has 0 fully saturated rings. The summed E-state index contributed by atoms with van der Waals surface area (Å²) in [5.74, 6) is 0.206. The summed E-state index contributed by atoms with van der Waals surface area (Å²) < 4.78 is 79.8. The van der Waals surface area contributed by atoms with Crippen molar-refractivity contribution in [2.45, 2.75) is 30.2 Å². The second kappa shape index (κ2) is 11.0. The smallest absolute Gasteiger partial charge is 0.365 e. The van der Waals surface area contributed by atoms with Gasteiger partial charge >= 0.3 is 5.13 Å². The number of aliphatic hydroxyl groups excluding tert-OH is 1. The van der Waals surface area contributed by atoms with Crippen LogP contribution in [-0.2, 0) is 26.8 Å². The van der Waals surface area contributed by atoms with Gasteiger partial charge in [-0.2, -0.15) is 16.8 Å². The molecule has 0 unspecified atom stereocenters. The monoisotopic (exact) mass is 634 g/mol. The number of ether oxygens (including phenoxy) is 2. The zero-order valence-corrected chi connectivity index (χ0v) is 24.7. The second-order valence-electron chi connectivity index (χ2n) is 8.90. The Balaban J connectivity index is 1.80. The van der Waals surface area contributed by atoms with E-state index < -0.39 is 30.0 Å². The number of aliphatic hydroxyl groups is 1. The fourth-order valence-electron chi connectivity index (χ4n) is 4.19. The molecule has 0 radical (unpaired) electrons. The van der Waals surface area contributed by atoms with Crippen LogP contribution in [0, 0.1) is 6.92 Å². The fraction of sp³-hybridized carbons (Fsp3) is 0.200. The van der Waals surface area contributed by atoms with E-state index in [0.717, 1.165) is 22.2 Å². The van der Waals surface area contributed by atoms with E-state index in [9.17, 15) is 31.0 Å². The molecule has 42 heavy (non-hydrogen) atoms. The van der Waals surface area contributed by atoms with Crippen molar-refractivity contribution < 1.29 is 45.3 Å². The van der Waals surface area contributed by atoms with Crippen molar-refractivity contribution in [1.82, 2.24) is 20.0 Å². The highest BCUT2D eigenvalue weighted by molar-refractivity contribution is 7.86. The number of tetrazole rings is 1. The molecule has 14 nitrogen and oxygen atoms in total. The predicted octanol–water partition coefficient (Wildman–Crippen LogP) is 2.52. The molecular formula is C25H24N5O9S3+. The first-order chi connectivity index (χ1) is 19.8. The molecule has 0 bridgehead atoms. The standard InChI is InChI=1S/C25H23N5O9S3/c1-4-39-20-12-21-18(10-15(20)13-31)26-25(40-21)30-28-24(17-7-5-14(2)9-22(17)41(32,33)34)27-29(30)16-6-8-19(38-3)23(11-16)42(35,36)37/h5-12,31H,4,13H2,1-3H3,(H-,32,33,34,35,36,37)/p+1. The highest BCUT2D eigenvalue weighted by atomic mass is 32.2. The molecule has 5 rings (SSSR count). The van der Waals surface area contributed by atoms with Gasteiger partial charge in [0.2, 0.25) is 0 Å². The zero-order valence-electron chi connectivity index (χ0n) is 22.3. The molecular weight excluding hydrogens is 611 g/mol. The van der Waals surface area contributed by atoms with Gasteiger partial charge in [-0.3, -0.25) is 9.11 Å². The molecule has 0 saturated heterocycles. The number of methoxy groups -OCH3 is 1. The number of fused-ring (bicyclic) bond motifs is 1. The first-order valence-electron chi connectivity index (χ1n) is 12.2. The molecule has 0 aliphatic carbocycles. The van der Waals surface area contributed by atoms with Crippen LogP contribution in [-0.4, -0.2) is 64.7 Å². The summed E-state index contributed by atoms with van der Waals surface area (Å²) >= 11 is 1.16. The number of nitrogens with zero attached hydrogens (tertiary/aromatic N) is 5.